The van der Waals surface area contributed by atoms with E-state index >= 15 is 0 Å². The highest BCUT2D eigenvalue weighted by atomic mass is 35.5. The summed E-state index contributed by atoms with van der Waals surface area (Å²) >= 11 is 6.23. The third kappa shape index (κ3) is 1.88. The number of nitrogens with zero attached hydrogens (tertiary/aromatic N) is 3. The summed E-state index contributed by atoms with van der Waals surface area (Å²) in [5.41, 5.74) is 8.50. The standard InChI is InChI=1S/C15H15ClN4/c1-9-14(16)10(2)20(19-9)15-13-6-4-3-5-12(13)11(7-17)8-18-15/h3-6,8H,7,17H2,1-2H3. The van der Waals surface area contributed by atoms with Gasteiger partial charge in [0, 0.05) is 18.1 Å². The first-order valence-electron chi connectivity index (χ1n) is 6.42. The Hall–Kier alpha value is -1.91. The lowest BCUT2D eigenvalue weighted by Crippen LogP contribution is -2.06. The van der Waals surface area contributed by atoms with Crippen molar-refractivity contribution in [2.45, 2.75) is 20.4 Å². The van der Waals surface area contributed by atoms with Crippen LogP contribution < -0.4 is 5.73 Å². The van der Waals surface area contributed by atoms with E-state index in [0.29, 0.717) is 11.6 Å². The Bertz CT molecular complexity index is 792. The van der Waals surface area contributed by atoms with Crippen molar-refractivity contribution >= 4 is 22.4 Å². The van der Waals surface area contributed by atoms with Crippen LogP contribution >= 0.6 is 11.6 Å². The molecule has 2 aromatic heterocycles. The molecule has 0 amide bonds. The molecule has 4 nitrogen and oxygen atoms in total. The summed E-state index contributed by atoms with van der Waals surface area (Å²) in [6.07, 6.45) is 1.81. The number of halogens is 1. The lowest BCUT2D eigenvalue weighted by molar-refractivity contribution is 0.812. The molecule has 0 saturated heterocycles. The quantitative estimate of drug-likeness (QED) is 0.787. The minimum atomic E-state index is 0.464. The highest BCUT2D eigenvalue weighted by Gasteiger charge is 2.14. The molecule has 3 rings (SSSR count). The fourth-order valence-corrected chi connectivity index (χ4v) is 2.52. The van der Waals surface area contributed by atoms with E-state index in [-0.39, 0.29) is 0 Å². The second-order valence-corrected chi connectivity index (χ2v) is 5.13. The summed E-state index contributed by atoms with van der Waals surface area (Å²) in [6.45, 7) is 4.30. The van der Waals surface area contributed by atoms with Crippen LogP contribution in [0.5, 0.6) is 0 Å². The van der Waals surface area contributed by atoms with Crippen LogP contribution in [0.15, 0.2) is 30.5 Å². The number of nitrogens with two attached hydrogens (primary N) is 1. The first-order chi connectivity index (χ1) is 9.63. The summed E-state index contributed by atoms with van der Waals surface area (Å²) in [7, 11) is 0. The lowest BCUT2D eigenvalue weighted by atomic mass is 10.1. The summed E-state index contributed by atoms with van der Waals surface area (Å²) in [5.74, 6) is 0.783. The first kappa shape index (κ1) is 13.1. The van der Waals surface area contributed by atoms with E-state index in [4.69, 9.17) is 17.3 Å². The van der Waals surface area contributed by atoms with E-state index in [1.165, 1.54) is 0 Å². The molecule has 5 heteroatoms. The van der Waals surface area contributed by atoms with Crippen molar-refractivity contribution in [2.24, 2.45) is 5.73 Å². The van der Waals surface area contributed by atoms with Gasteiger partial charge in [-0.3, -0.25) is 0 Å². The van der Waals surface area contributed by atoms with Gasteiger partial charge in [0.25, 0.3) is 0 Å². The monoisotopic (exact) mass is 286 g/mol. The fourth-order valence-electron chi connectivity index (χ4n) is 2.40. The van der Waals surface area contributed by atoms with E-state index in [2.05, 4.69) is 16.1 Å². The number of benzene rings is 1. The van der Waals surface area contributed by atoms with Crippen molar-refractivity contribution < 1.29 is 0 Å². The van der Waals surface area contributed by atoms with Gasteiger partial charge in [-0.05, 0) is 24.8 Å². The molecule has 0 atom stereocenters. The molecular weight excluding hydrogens is 272 g/mol. The molecule has 0 bridgehead atoms. The minimum absolute atomic E-state index is 0.464. The summed E-state index contributed by atoms with van der Waals surface area (Å²) in [5, 5.41) is 7.28. The topological polar surface area (TPSA) is 56.7 Å². The molecule has 0 spiro atoms. The third-order valence-electron chi connectivity index (χ3n) is 3.48. The summed E-state index contributed by atoms with van der Waals surface area (Å²) in [4.78, 5) is 4.53. The van der Waals surface area contributed by atoms with Gasteiger partial charge in [0.15, 0.2) is 5.82 Å². The van der Waals surface area contributed by atoms with Gasteiger partial charge in [-0.1, -0.05) is 35.9 Å². The minimum Gasteiger partial charge on any atom is -0.326 e. The van der Waals surface area contributed by atoms with E-state index in [0.717, 1.165) is 33.5 Å². The fraction of sp³-hybridized carbons (Fsp3) is 0.200. The van der Waals surface area contributed by atoms with Crippen LogP contribution in [0, 0.1) is 13.8 Å². The molecule has 20 heavy (non-hydrogen) atoms. The van der Waals surface area contributed by atoms with Crippen LogP contribution in [-0.2, 0) is 6.54 Å². The van der Waals surface area contributed by atoms with Crippen LogP contribution in [-0.4, -0.2) is 14.8 Å². The molecule has 0 aliphatic rings. The molecule has 0 radical (unpaired) electrons. The first-order valence-corrected chi connectivity index (χ1v) is 6.80. The molecule has 0 unspecified atom stereocenters. The Labute approximate surface area is 122 Å². The van der Waals surface area contributed by atoms with E-state index < -0.39 is 0 Å². The number of rotatable bonds is 2. The number of pyridine rings is 1. The van der Waals surface area contributed by atoms with Gasteiger partial charge in [-0.25, -0.2) is 9.67 Å². The highest BCUT2D eigenvalue weighted by Crippen LogP contribution is 2.27. The summed E-state index contributed by atoms with van der Waals surface area (Å²) in [6, 6.07) is 8.07. The number of fused-ring (bicyclic) bond motifs is 1. The Morgan fingerprint density at radius 1 is 1.20 bits per heavy atom. The zero-order valence-electron chi connectivity index (χ0n) is 11.4. The second-order valence-electron chi connectivity index (χ2n) is 4.75. The number of hydrogen-bond acceptors (Lipinski definition) is 3. The van der Waals surface area contributed by atoms with E-state index in [9.17, 15) is 0 Å². The van der Waals surface area contributed by atoms with Crippen LogP contribution in [0.1, 0.15) is 17.0 Å². The smallest absolute Gasteiger partial charge is 0.161 e. The molecule has 102 valence electrons. The Kier molecular flexibility index (Phi) is 3.20. The lowest BCUT2D eigenvalue weighted by Gasteiger charge is -2.10. The number of aromatic nitrogens is 3. The number of aryl methyl sites for hydroxylation is 1. The molecule has 2 heterocycles. The molecule has 0 saturated carbocycles. The second kappa shape index (κ2) is 4.89. The third-order valence-corrected chi connectivity index (χ3v) is 4.03. The average Bonchev–Trinajstić information content (AvgIpc) is 2.73. The van der Waals surface area contributed by atoms with Crippen molar-refractivity contribution in [2.75, 3.05) is 0 Å². The molecule has 0 fully saturated rings. The maximum atomic E-state index is 6.23. The maximum Gasteiger partial charge on any atom is 0.161 e. The van der Waals surface area contributed by atoms with E-state index in [1.807, 2.05) is 38.2 Å². The van der Waals surface area contributed by atoms with Gasteiger partial charge >= 0.3 is 0 Å². The van der Waals surface area contributed by atoms with Gasteiger partial charge in [-0.15, -0.1) is 0 Å². The van der Waals surface area contributed by atoms with E-state index in [1.54, 1.807) is 4.68 Å². The maximum absolute atomic E-state index is 6.23. The predicted octanol–water partition coefficient (Wildman–Crippen LogP) is 3.15. The molecule has 2 N–H and O–H groups in total. The van der Waals surface area contributed by atoms with Crippen molar-refractivity contribution in [3.8, 4) is 5.82 Å². The average molecular weight is 287 g/mol. The zero-order chi connectivity index (χ0) is 14.3. The van der Waals surface area contributed by atoms with Crippen molar-refractivity contribution in [1.82, 2.24) is 14.8 Å². The SMILES string of the molecule is Cc1nn(-c2ncc(CN)c3ccccc23)c(C)c1Cl. The number of hydrogen-bond donors (Lipinski definition) is 1. The summed E-state index contributed by atoms with van der Waals surface area (Å²) < 4.78 is 1.79. The predicted molar refractivity (Wildman–Crippen MR) is 81.2 cm³/mol. The highest BCUT2D eigenvalue weighted by molar-refractivity contribution is 6.31. The van der Waals surface area contributed by atoms with Crippen LogP contribution in [0.2, 0.25) is 5.02 Å². The Balaban J connectivity index is 2.35. The van der Waals surface area contributed by atoms with Gasteiger partial charge in [-0.2, -0.15) is 5.10 Å². The van der Waals surface area contributed by atoms with Gasteiger partial charge in [0.1, 0.15) is 0 Å². The largest absolute Gasteiger partial charge is 0.326 e. The molecule has 1 aromatic carbocycles. The van der Waals surface area contributed by atoms with Gasteiger partial charge in [0.05, 0.1) is 16.4 Å². The molecule has 0 aliphatic heterocycles. The molecular formula is C15H15ClN4. The normalized spacial score (nSPS) is 11.2. The van der Waals surface area contributed by atoms with Crippen molar-refractivity contribution in [1.29, 1.82) is 0 Å². The van der Waals surface area contributed by atoms with Crippen LogP contribution in [0.4, 0.5) is 0 Å². The van der Waals surface area contributed by atoms with Gasteiger partial charge < -0.3 is 5.73 Å². The van der Waals surface area contributed by atoms with Crippen LogP contribution in [0.3, 0.4) is 0 Å². The molecule has 0 aliphatic carbocycles. The Morgan fingerprint density at radius 2 is 1.90 bits per heavy atom. The van der Waals surface area contributed by atoms with Gasteiger partial charge in [0.2, 0.25) is 0 Å². The van der Waals surface area contributed by atoms with Crippen molar-refractivity contribution in [3.05, 3.63) is 52.4 Å². The van der Waals surface area contributed by atoms with Crippen LogP contribution in [0.25, 0.3) is 16.6 Å². The Morgan fingerprint density at radius 3 is 2.50 bits per heavy atom. The zero-order valence-corrected chi connectivity index (χ0v) is 12.1. The molecule has 3 aromatic rings. The van der Waals surface area contributed by atoms with Crippen molar-refractivity contribution in [3.63, 3.8) is 0 Å².